The van der Waals surface area contributed by atoms with Crippen LogP contribution in [0.2, 0.25) is 5.02 Å². The van der Waals surface area contributed by atoms with E-state index in [1.165, 1.54) is 0 Å². The van der Waals surface area contributed by atoms with Crippen LogP contribution in [0.4, 0.5) is 4.79 Å². The van der Waals surface area contributed by atoms with Crippen molar-refractivity contribution in [3.05, 3.63) is 82.2 Å². The number of methoxy groups -OCH3 is 2. The second-order valence-corrected chi connectivity index (χ2v) is 11.8. The fourth-order valence-corrected chi connectivity index (χ4v) is 6.46. The summed E-state index contributed by atoms with van der Waals surface area (Å²) in [7, 11) is 3.19. The highest BCUT2D eigenvalue weighted by Gasteiger charge is 2.62. The molecule has 41 heavy (non-hydrogen) atoms. The van der Waals surface area contributed by atoms with Gasteiger partial charge in [-0.2, -0.15) is 0 Å². The summed E-state index contributed by atoms with van der Waals surface area (Å²) in [5, 5.41) is 3.64. The lowest BCUT2D eigenvalue weighted by Crippen LogP contribution is -2.68. The smallest absolute Gasteiger partial charge is 0.330 e. The zero-order valence-corrected chi connectivity index (χ0v) is 24.7. The van der Waals surface area contributed by atoms with Crippen LogP contribution in [0, 0.1) is 5.41 Å². The summed E-state index contributed by atoms with van der Waals surface area (Å²) in [5.74, 6) is 1.37. The summed E-state index contributed by atoms with van der Waals surface area (Å²) in [6, 6.07) is 11.8. The molecule has 214 valence electrons. The number of ether oxygens (including phenoxy) is 3. The van der Waals surface area contributed by atoms with Gasteiger partial charge in [0.2, 0.25) is 5.91 Å². The van der Waals surface area contributed by atoms with Gasteiger partial charge in [-0.1, -0.05) is 35.9 Å². The van der Waals surface area contributed by atoms with E-state index in [1.54, 1.807) is 30.1 Å². The zero-order valence-electron chi connectivity index (χ0n) is 23.9. The van der Waals surface area contributed by atoms with Crippen molar-refractivity contribution >= 4 is 29.4 Å². The molecule has 3 aliphatic heterocycles. The first-order valence-electron chi connectivity index (χ1n) is 13.6. The van der Waals surface area contributed by atoms with Crippen molar-refractivity contribution in [2.75, 3.05) is 20.8 Å². The molecule has 0 radical (unpaired) electrons. The van der Waals surface area contributed by atoms with Crippen LogP contribution in [0.1, 0.15) is 44.9 Å². The molecule has 2 aromatic carbocycles. The monoisotopic (exact) mass is 576 g/mol. The molecule has 0 spiro atoms. The van der Waals surface area contributed by atoms with E-state index in [4.69, 9.17) is 30.8 Å². The standard InChI is InChI=1S/C31H33ClN4O5/c1-17(2)41-22-15-20(39-5)11-12-21(22)28-34-24(18-7-9-19(32)10-8-18)26-30(3)13-14-31(4,40-6)25-27(30)35(16-23(37)33-25)29(38)36(26)28/h7-15,17,24,26H,16H2,1-6H3,(H,33,37)/t24-,26-,30?,31?/m0/s1. The molecule has 1 saturated heterocycles. The Labute approximate surface area is 244 Å². The quantitative estimate of drug-likeness (QED) is 0.485. The third-order valence-electron chi connectivity index (χ3n) is 8.37. The summed E-state index contributed by atoms with van der Waals surface area (Å²) in [6.45, 7) is 7.74. The number of rotatable bonds is 6. The normalized spacial score (nSPS) is 28.4. The van der Waals surface area contributed by atoms with E-state index < -0.39 is 23.1 Å². The molecule has 10 heteroatoms. The van der Waals surface area contributed by atoms with Gasteiger partial charge in [0.1, 0.15) is 29.5 Å². The summed E-state index contributed by atoms with van der Waals surface area (Å²) < 4.78 is 17.5. The Hall–Kier alpha value is -3.82. The van der Waals surface area contributed by atoms with Crippen molar-refractivity contribution in [3.8, 4) is 11.5 Å². The molecule has 0 bridgehead atoms. The molecule has 1 aliphatic carbocycles. The summed E-state index contributed by atoms with van der Waals surface area (Å²) in [6.07, 6.45) is 3.92. The van der Waals surface area contributed by atoms with Crippen LogP contribution >= 0.6 is 11.6 Å². The number of urea groups is 1. The molecule has 0 aromatic heterocycles. The van der Waals surface area contributed by atoms with E-state index in [0.717, 1.165) is 11.3 Å². The first-order valence-corrected chi connectivity index (χ1v) is 14.0. The van der Waals surface area contributed by atoms with Crippen LogP contribution in [0.5, 0.6) is 11.5 Å². The van der Waals surface area contributed by atoms with Crippen LogP contribution in [0.25, 0.3) is 0 Å². The van der Waals surface area contributed by atoms with Crippen LogP contribution in [-0.2, 0) is 9.53 Å². The number of amidine groups is 1. The van der Waals surface area contributed by atoms with E-state index >= 15 is 0 Å². The van der Waals surface area contributed by atoms with Gasteiger partial charge in [0.05, 0.1) is 47.7 Å². The van der Waals surface area contributed by atoms with E-state index in [2.05, 4.69) is 18.3 Å². The lowest BCUT2D eigenvalue weighted by Gasteiger charge is -2.56. The van der Waals surface area contributed by atoms with Crippen molar-refractivity contribution in [2.24, 2.45) is 10.4 Å². The van der Waals surface area contributed by atoms with E-state index in [9.17, 15) is 9.59 Å². The third kappa shape index (κ3) is 4.13. The summed E-state index contributed by atoms with van der Waals surface area (Å²) in [4.78, 5) is 36.0. The minimum atomic E-state index is -0.905. The number of halogens is 1. The molecule has 4 atom stereocenters. The fourth-order valence-electron chi connectivity index (χ4n) is 6.34. The lowest BCUT2D eigenvalue weighted by molar-refractivity contribution is -0.123. The largest absolute Gasteiger partial charge is 0.497 e. The highest BCUT2D eigenvalue weighted by Crippen LogP contribution is 2.56. The van der Waals surface area contributed by atoms with Gasteiger partial charge in [-0.25, -0.2) is 4.79 Å². The topological polar surface area (TPSA) is 92.7 Å². The predicted octanol–water partition coefficient (Wildman–Crippen LogP) is 5.07. The molecule has 1 fully saturated rings. The number of benzene rings is 2. The number of fused-ring (bicyclic) bond motifs is 2. The molecule has 9 nitrogen and oxygen atoms in total. The van der Waals surface area contributed by atoms with E-state index in [1.807, 2.05) is 63.2 Å². The van der Waals surface area contributed by atoms with Crippen LogP contribution in [-0.4, -0.2) is 66.1 Å². The number of carbonyl (C=O) groups is 2. The average molecular weight is 577 g/mol. The molecule has 3 heterocycles. The minimum Gasteiger partial charge on any atom is -0.497 e. The lowest BCUT2D eigenvalue weighted by atomic mass is 9.66. The SMILES string of the molecule is COc1ccc(C2=N[C@@H](c3ccc(Cl)cc3)[C@@H]3N2C(=O)N2CC(=O)NC4=C2C3(C)C=CC4(C)OC)c(OC(C)C)c1. The van der Waals surface area contributed by atoms with Gasteiger partial charge in [0, 0.05) is 18.2 Å². The Bertz CT molecular complexity index is 1530. The predicted molar refractivity (Wildman–Crippen MR) is 155 cm³/mol. The number of hydrogen-bond acceptors (Lipinski definition) is 6. The second-order valence-electron chi connectivity index (χ2n) is 11.4. The van der Waals surface area contributed by atoms with Crippen LogP contribution < -0.4 is 14.8 Å². The van der Waals surface area contributed by atoms with Gasteiger partial charge in [-0.15, -0.1) is 0 Å². The van der Waals surface area contributed by atoms with E-state index in [0.29, 0.717) is 33.6 Å². The summed E-state index contributed by atoms with van der Waals surface area (Å²) >= 11 is 6.26. The molecule has 2 aromatic rings. The van der Waals surface area contributed by atoms with Crippen molar-refractivity contribution in [1.82, 2.24) is 15.1 Å². The molecule has 4 aliphatic rings. The molecule has 0 saturated carbocycles. The first kappa shape index (κ1) is 27.4. The Kier molecular flexibility index (Phi) is 6.43. The first-order chi connectivity index (χ1) is 19.5. The maximum atomic E-state index is 14.5. The van der Waals surface area contributed by atoms with Crippen molar-refractivity contribution in [1.29, 1.82) is 0 Å². The van der Waals surface area contributed by atoms with Crippen LogP contribution in [0.3, 0.4) is 0 Å². The Morgan fingerprint density at radius 2 is 1.80 bits per heavy atom. The van der Waals surface area contributed by atoms with Gasteiger partial charge in [0.15, 0.2) is 0 Å². The maximum absolute atomic E-state index is 14.5. The highest BCUT2D eigenvalue weighted by atomic mass is 35.5. The molecular formula is C31H33ClN4O5. The van der Waals surface area contributed by atoms with Gasteiger partial charge in [0.25, 0.3) is 0 Å². The molecule has 2 unspecified atom stereocenters. The molecular weight excluding hydrogens is 544 g/mol. The minimum absolute atomic E-state index is 0.110. The second kappa shape index (κ2) is 9.63. The van der Waals surface area contributed by atoms with Gasteiger partial charge in [-0.05, 0) is 57.5 Å². The Morgan fingerprint density at radius 1 is 1.07 bits per heavy atom. The number of aliphatic imine (C=N–C) groups is 1. The van der Waals surface area contributed by atoms with Gasteiger partial charge < -0.3 is 19.5 Å². The third-order valence-corrected chi connectivity index (χ3v) is 8.63. The van der Waals surface area contributed by atoms with Crippen LogP contribution in [0.15, 0.2) is 71.0 Å². The molecule has 3 amide bonds. The number of amides is 3. The number of nitrogens with zero attached hydrogens (tertiary/aromatic N) is 3. The van der Waals surface area contributed by atoms with Crippen molar-refractivity contribution < 1.29 is 23.8 Å². The molecule has 6 rings (SSSR count). The van der Waals surface area contributed by atoms with Gasteiger partial charge >= 0.3 is 6.03 Å². The summed E-state index contributed by atoms with van der Waals surface area (Å²) in [5.41, 5.74) is 1.24. The number of carbonyl (C=O) groups excluding carboxylic acids is 2. The maximum Gasteiger partial charge on any atom is 0.330 e. The fraction of sp³-hybridized carbons (Fsp3) is 0.387. The number of nitrogens with one attached hydrogen (secondary N) is 1. The van der Waals surface area contributed by atoms with Crippen molar-refractivity contribution in [3.63, 3.8) is 0 Å². The highest BCUT2D eigenvalue weighted by molar-refractivity contribution is 6.30. The Balaban J connectivity index is 1.60. The number of hydrogen-bond donors (Lipinski definition) is 1. The van der Waals surface area contributed by atoms with Crippen molar-refractivity contribution in [2.45, 2.75) is 51.5 Å². The van der Waals surface area contributed by atoms with E-state index in [-0.39, 0.29) is 24.6 Å². The average Bonchev–Trinajstić information content (AvgIpc) is 3.35. The Morgan fingerprint density at radius 3 is 2.46 bits per heavy atom. The van der Waals surface area contributed by atoms with Gasteiger partial charge in [-0.3, -0.25) is 19.6 Å². The zero-order chi connectivity index (χ0) is 29.3. The molecule has 1 N–H and O–H groups in total.